The number of anilines is 1. The van der Waals surface area contributed by atoms with Gasteiger partial charge in [-0.05, 0) is 38.2 Å². The Labute approximate surface area is 297 Å². The third-order valence-electron chi connectivity index (χ3n) is 9.50. The molecule has 0 aliphatic carbocycles. The van der Waals surface area contributed by atoms with E-state index in [0.717, 1.165) is 78.0 Å². The maximum atomic E-state index is 14.6. The van der Waals surface area contributed by atoms with Crippen molar-refractivity contribution in [1.82, 2.24) is 25.2 Å². The molecule has 2 heterocycles. The number of hydrogen-bond acceptors (Lipinski definition) is 7. The van der Waals surface area contributed by atoms with Gasteiger partial charge in [-0.15, -0.1) is 5.10 Å². The van der Waals surface area contributed by atoms with Gasteiger partial charge in [-0.25, -0.2) is 4.79 Å². The van der Waals surface area contributed by atoms with E-state index in [9.17, 15) is 9.59 Å². The van der Waals surface area contributed by atoms with Crippen molar-refractivity contribution >= 4 is 51.1 Å². The van der Waals surface area contributed by atoms with E-state index in [0.29, 0.717) is 23.9 Å². The third-order valence-corrected chi connectivity index (χ3v) is 10.3. The van der Waals surface area contributed by atoms with Crippen molar-refractivity contribution in [1.29, 1.82) is 0 Å². The molecule has 0 saturated heterocycles. The molecular formula is C39H58N6O3S. The molecule has 0 bridgehead atoms. The molecule has 4 aromatic rings. The Kier molecular flexibility index (Phi) is 16.4. The predicted octanol–water partition coefficient (Wildman–Crippen LogP) is 11.0. The maximum Gasteiger partial charge on any atom is 0.351 e. The van der Waals surface area contributed by atoms with Gasteiger partial charge in [0.15, 0.2) is 0 Å². The molecule has 0 aliphatic rings. The van der Waals surface area contributed by atoms with Crippen LogP contribution in [0.4, 0.5) is 10.5 Å². The minimum atomic E-state index is -0.252. The first-order chi connectivity index (χ1) is 24.0. The molecule has 1 atom stereocenters. The van der Waals surface area contributed by atoms with Gasteiger partial charge < -0.3 is 4.74 Å². The number of unbranched alkanes of at least 4 members (excludes halogenated alkanes) is 11. The minimum absolute atomic E-state index is 0.107. The summed E-state index contributed by atoms with van der Waals surface area (Å²) < 4.78 is 6.87. The highest BCUT2D eigenvalue weighted by Gasteiger charge is 2.27. The van der Waals surface area contributed by atoms with Gasteiger partial charge in [0, 0.05) is 34.8 Å². The number of rotatable bonds is 23. The highest BCUT2D eigenvalue weighted by Crippen LogP contribution is 2.34. The van der Waals surface area contributed by atoms with Crippen molar-refractivity contribution in [2.45, 2.75) is 142 Å². The monoisotopic (exact) mass is 690 g/mol. The number of nitrogens with one attached hydrogen (secondary N) is 1. The SMILES string of the molecule is CCCCCCCCC(CCCCCC)CN(C(=O)n1nncc1SCOC(=O)CCCCCC)c1cccc2c1ccc1c(C)[nH]nc12. The summed E-state index contributed by atoms with van der Waals surface area (Å²) in [5, 5.41) is 19.7. The Balaban J connectivity index is 1.60. The van der Waals surface area contributed by atoms with Crippen LogP contribution < -0.4 is 4.90 Å². The smallest absolute Gasteiger partial charge is 0.351 e. The van der Waals surface area contributed by atoms with E-state index in [4.69, 9.17) is 4.74 Å². The van der Waals surface area contributed by atoms with Crippen LogP contribution in [0.2, 0.25) is 0 Å². The number of esters is 1. The zero-order valence-electron chi connectivity index (χ0n) is 30.3. The van der Waals surface area contributed by atoms with Crippen LogP contribution in [0.5, 0.6) is 0 Å². The van der Waals surface area contributed by atoms with E-state index in [1.54, 1.807) is 6.20 Å². The Hall–Kier alpha value is -3.40. The fraction of sp³-hybridized carbons (Fsp3) is 0.615. The molecule has 0 fully saturated rings. The summed E-state index contributed by atoms with van der Waals surface area (Å²) in [6.07, 6.45) is 20.6. The van der Waals surface area contributed by atoms with Crippen molar-refractivity contribution in [2.75, 3.05) is 17.4 Å². The van der Waals surface area contributed by atoms with Crippen molar-refractivity contribution in [3.8, 4) is 0 Å². The molecule has 49 heavy (non-hydrogen) atoms. The molecule has 1 unspecified atom stereocenters. The van der Waals surface area contributed by atoms with Gasteiger partial charge in [0.2, 0.25) is 0 Å². The number of nitrogens with zero attached hydrogens (tertiary/aromatic N) is 5. The van der Waals surface area contributed by atoms with Crippen LogP contribution in [0.1, 0.15) is 136 Å². The molecule has 0 aliphatic heterocycles. The average Bonchev–Trinajstić information content (AvgIpc) is 3.74. The third kappa shape index (κ3) is 11.3. The summed E-state index contributed by atoms with van der Waals surface area (Å²) in [4.78, 5) is 28.9. The van der Waals surface area contributed by atoms with Crippen LogP contribution in [-0.4, -0.2) is 49.7 Å². The number of fused-ring (bicyclic) bond motifs is 3. The molecule has 0 radical (unpaired) electrons. The van der Waals surface area contributed by atoms with Crippen LogP contribution in [0.3, 0.4) is 0 Å². The predicted molar refractivity (Wildman–Crippen MR) is 202 cm³/mol. The summed E-state index contributed by atoms with van der Waals surface area (Å²) in [5.74, 6) is 0.245. The lowest BCUT2D eigenvalue weighted by Crippen LogP contribution is -2.39. The number of thioether (sulfide) groups is 1. The Morgan fingerprint density at radius 1 is 0.837 bits per heavy atom. The molecule has 10 heteroatoms. The molecular weight excluding hydrogens is 633 g/mol. The number of hydrogen-bond donors (Lipinski definition) is 1. The van der Waals surface area contributed by atoms with Crippen molar-refractivity contribution in [2.24, 2.45) is 5.92 Å². The fourth-order valence-corrected chi connectivity index (χ4v) is 7.29. The van der Waals surface area contributed by atoms with E-state index in [1.807, 2.05) is 24.0 Å². The maximum absolute atomic E-state index is 14.6. The highest BCUT2D eigenvalue weighted by molar-refractivity contribution is 7.99. The summed E-state index contributed by atoms with van der Waals surface area (Å²) in [6.45, 7) is 9.27. The van der Waals surface area contributed by atoms with E-state index in [2.05, 4.69) is 59.5 Å². The van der Waals surface area contributed by atoms with E-state index in [1.165, 1.54) is 74.2 Å². The number of amides is 1. The normalized spacial score (nSPS) is 12.2. The topological polar surface area (TPSA) is 106 Å². The lowest BCUT2D eigenvalue weighted by molar-refractivity contribution is -0.141. The van der Waals surface area contributed by atoms with Crippen molar-refractivity contribution in [3.05, 3.63) is 42.2 Å². The van der Waals surface area contributed by atoms with E-state index in [-0.39, 0.29) is 17.9 Å². The summed E-state index contributed by atoms with van der Waals surface area (Å²) in [5.41, 5.74) is 2.77. The molecule has 268 valence electrons. The summed E-state index contributed by atoms with van der Waals surface area (Å²) in [7, 11) is 0. The Bertz CT molecular complexity index is 1580. The lowest BCUT2D eigenvalue weighted by atomic mass is 9.93. The first-order valence-corrected chi connectivity index (χ1v) is 19.8. The number of carbonyl (C=O) groups excluding carboxylic acids is 2. The zero-order valence-corrected chi connectivity index (χ0v) is 31.2. The average molecular weight is 691 g/mol. The van der Waals surface area contributed by atoms with Gasteiger partial charge in [0.1, 0.15) is 16.5 Å². The molecule has 1 amide bonds. The largest absolute Gasteiger partial charge is 0.454 e. The van der Waals surface area contributed by atoms with Gasteiger partial charge in [-0.3, -0.25) is 14.8 Å². The van der Waals surface area contributed by atoms with Crippen molar-refractivity contribution in [3.63, 3.8) is 0 Å². The first-order valence-electron chi connectivity index (χ1n) is 18.9. The van der Waals surface area contributed by atoms with Crippen LogP contribution in [-0.2, 0) is 9.53 Å². The molecule has 4 rings (SSSR count). The van der Waals surface area contributed by atoms with Crippen molar-refractivity contribution < 1.29 is 14.3 Å². The number of H-pyrrole nitrogens is 1. The van der Waals surface area contributed by atoms with Gasteiger partial charge in [0.25, 0.3) is 0 Å². The second-order valence-corrected chi connectivity index (χ2v) is 14.4. The van der Waals surface area contributed by atoms with E-state index < -0.39 is 0 Å². The van der Waals surface area contributed by atoms with Crippen LogP contribution >= 0.6 is 11.8 Å². The quantitative estimate of drug-likeness (QED) is 0.0357. The minimum Gasteiger partial charge on any atom is -0.454 e. The van der Waals surface area contributed by atoms with Crippen LogP contribution in [0.25, 0.3) is 21.7 Å². The highest BCUT2D eigenvalue weighted by atomic mass is 32.2. The number of aromatic nitrogens is 5. The van der Waals surface area contributed by atoms with E-state index >= 15 is 0 Å². The molecule has 0 spiro atoms. The number of benzene rings is 2. The van der Waals surface area contributed by atoms with Crippen LogP contribution in [0.15, 0.2) is 41.6 Å². The zero-order chi connectivity index (χ0) is 34.8. The standard InChI is InChI=1S/C39H58N6O3S/c1-5-8-11-14-15-17-21-31(20-16-12-9-6-2)28-44(35-23-19-22-34-33(35)26-25-32-30(4)41-42-38(32)34)39(47)45-36(27-40-43-45)49-29-48-37(46)24-18-13-10-7-3/h19,22-23,25-27,31H,5-18,20-21,24,28-29H2,1-4H3,(H,41,42). The van der Waals surface area contributed by atoms with Gasteiger partial charge in [-0.2, -0.15) is 9.78 Å². The molecule has 2 aromatic heterocycles. The molecule has 0 saturated carbocycles. The fourth-order valence-electron chi connectivity index (χ4n) is 6.62. The molecule has 2 aromatic carbocycles. The van der Waals surface area contributed by atoms with Gasteiger partial charge in [-0.1, -0.05) is 145 Å². The number of ether oxygens (including phenoxy) is 1. The van der Waals surface area contributed by atoms with Gasteiger partial charge >= 0.3 is 12.0 Å². The first kappa shape index (κ1) is 38.4. The lowest BCUT2D eigenvalue weighted by Gasteiger charge is -2.29. The Morgan fingerprint density at radius 2 is 1.49 bits per heavy atom. The second kappa shape index (κ2) is 21.0. The summed E-state index contributed by atoms with van der Waals surface area (Å²) >= 11 is 1.27. The molecule has 9 nitrogen and oxygen atoms in total. The second-order valence-electron chi connectivity index (χ2n) is 13.4. The summed E-state index contributed by atoms with van der Waals surface area (Å²) in [6, 6.07) is 10.1. The number of aryl methyl sites for hydroxylation is 1. The number of carbonyl (C=O) groups is 2. The van der Waals surface area contributed by atoms with Gasteiger partial charge in [0.05, 0.1) is 11.9 Å². The Morgan fingerprint density at radius 3 is 2.22 bits per heavy atom. The molecule has 1 N–H and O–H groups in total. The van der Waals surface area contributed by atoms with Crippen LogP contribution in [0, 0.1) is 12.8 Å². The number of aromatic amines is 1.